The number of rotatable bonds is 26. The molecule has 0 radical (unpaired) electrons. The molecule has 13 aromatic rings. The van der Waals surface area contributed by atoms with Crippen molar-refractivity contribution in [1.29, 1.82) is 0 Å². The third kappa shape index (κ3) is 21.8. The van der Waals surface area contributed by atoms with Gasteiger partial charge in [-0.1, -0.05) is 349 Å². The van der Waals surface area contributed by atoms with E-state index in [0.29, 0.717) is 17.5 Å². The van der Waals surface area contributed by atoms with E-state index in [1.807, 2.05) is 48.5 Å². The van der Waals surface area contributed by atoms with E-state index in [0.717, 1.165) is 85.5 Å². The highest BCUT2D eigenvalue weighted by Crippen LogP contribution is 2.58. The molecule has 12 aromatic carbocycles. The summed E-state index contributed by atoms with van der Waals surface area (Å²) in [5.41, 5.74) is 29.7. The van der Waals surface area contributed by atoms with Gasteiger partial charge in [0.15, 0.2) is 17.5 Å². The second kappa shape index (κ2) is 40.5. The summed E-state index contributed by atoms with van der Waals surface area (Å²) in [4.78, 5) is 19.2. The van der Waals surface area contributed by atoms with Gasteiger partial charge in [-0.25, -0.2) is 15.0 Å². The van der Waals surface area contributed by atoms with Gasteiger partial charge >= 0.3 is 0 Å². The highest BCUT2D eigenvalue weighted by Gasteiger charge is 2.46. The first kappa shape index (κ1) is 88.4. The highest BCUT2D eigenvalue weighted by molar-refractivity contribution is 9.11. The van der Waals surface area contributed by atoms with Crippen molar-refractivity contribution < 1.29 is 0 Å². The van der Waals surface area contributed by atoms with Gasteiger partial charge in [0, 0.05) is 66.3 Å². The Morgan fingerprint density at radius 3 is 0.803 bits per heavy atom. The first-order chi connectivity index (χ1) is 56.2. The standard InChI is InChI=1S/C42H46Br2N2.C37H40Br2.C27H25Br2N3/c1-27-23-31(41(5,6)7)24-28(2)39(27)45(35-15-11-33(43)12-16-35)37-19-21-38(22-20-37)46(36-17-13-34(44)14-18-36)40-29(3)25-32(26-30(40)4)42(8,9)10;1-3-5-7-9-11-27-13-17-29(18-14-27)37(30-19-15-28(16-20-30)12-10-8-6-4-2)35-25-31(38)21-23-33(35)34-24-22-32(39)26-36(34)37;1-2-3-4-5-6-19-7-9-20(10-8-19)25-30-26(21-11-15-23(28)16-12-21)32-27(31-25)22-13-17-24(29)18-14-22/h11-26H,1-10H3;13-26H,3-12H2,1-2H3;7-18H,2-6H2,1H3. The monoisotopic (exact) mass is 1930 g/mol. The Bertz CT molecular complexity index is 5100. The van der Waals surface area contributed by atoms with Crippen LogP contribution in [0, 0.1) is 27.7 Å². The molecular weight excluding hydrogens is 1820 g/mol. The van der Waals surface area contributed by atoms with Crippen LogP contribution in [0.4, 0.5) is 34.1 Å². The Balaban J connectivity index is 0.000000164. The molecule has 0 saturated heterocycles. The lowest BCUT2D eigenvalue weighted by molar-refractivity contribution is 0.589. The quantitative estimate of drug-likeness (QED) is 0.0506. The molecule has 11 heteroatoms. The van der Waals surface area contributed by atoms with Crippen molar-refractivity contribution >= 4 is 130 Å². The summed E-state index contributed by atoms with van der Waals surface area (Å²) in [6, 6.07) is 93.1. The zero-order valence-corrected chi connectivity index (χ0v) is 79.9. The number of hydrogen-bond acceptors (Lipinski definition) is 5. The summed E-state index contributed by atoms with van der Waals surface area (Å²) >= 11 is 21.9. The fraction of sp³-hybridized carbons (Fsp3) is 0.292. The van der Waals surface area contributed by atoms with Crippen molar-refractivity contribution in [2.75, 3.05) is 9.80 Å². The van der Waals surface area contributed by atoms with Crippen molar-refractivity contribution in [1.82, 2.24) is 15.0 Å². The van der Waals surface area contributed by atoms with Crippen LogP contribution in [0.2, 0.25) is 0 Å². The lowest BCUT2D eigenvalue weighted by Gasteiger charge is -2.34. The molecule has 14 rings (SSSR count). The van der Waals surface area contributed by atoms with E-state index in [1.165, 1.54) is 172 Å². The van der Waals surface area contributed by atoms with Gasteiger partial charge in [-0.05, 0) is 282 Å². The molecule has 0 fully saturated rings. The Morgan fingerprint density at radius 1 is 0.282 bits per heavy atom. The molecule has 1 aliphatic rings. The number of nitrogens with zero attached hydrogens (tertiary/aromatic N) is 5. The van der Waals surface area contributed by atoms with Gasteiger partial charge in [0.1, 0.15) is 0 Å². The van der Waals surface area contributed by atoms with E-state index in [9.17, 15) is 0 Å². The van der Waals surface area contributed by atoms with Crippen LogP contribution in [0.25, 0.3) is 45.3 Å². The Morgan fingerprint density at radius 2 is 0.530 bits per heavy atom. The van der Waals surface area contributed by atoms with E-state index >= 15 is 0 Å². The van der Waals surface area contributed by atoms with Crippen LogP contribution >= 0.6 is 95.6 Å². The van der Waals surface area contributed by atoms with Crippen LogP contribution in [0.3, 0.4) is 0 Å². The number of unbranched alkanes of at least 4 members (excludes halogenated alkanes) is 9. The van der Waals surface area contributed by atoms with Gasteiger partial charge in [0.05, 0.1) is 16.8 Å². The molecule has 1 aliphatic carbocycles. The maximum atomic E-state index is 4.82. The summed E-state index contributed by atoms with van der Waals surface area (Å²) in [7, 11) is 0. The number of aromatic nitrogens is 3. The van der Waals surface area contributed by atoms with E-state index in [1.54, 1.807) is 0 Å². The molecule has 5 nitrogen and oxygen atoms in total. The van der Waals surface area contributed by atoms with Gasteiger partial charge < -0.3 is 9.80 Å². The summed E-state index contributed by atoms with van der Waals surface area (Å²) in [6.07, 6.45) is 18.9. The molecule has 1 aromatic heterocycles. The third-order valence-electron chi connectivity index (χ3n) is 22.5. The topological polar surface area (TPSA) is 45.2 Å². The first-order valence-electron chi connectivity index (χ1n) is 41.9. The molecule has 0 atom stereocenters. The van der Waals surface area contributed by atoms with Crippen LogP contribution in [0.1, 0.15) is 212 Å². The summed E-state index contributed by atoms with van der Waals surface area (Å²) in [5.74, 6) is 2.03. The van der Waals surface area contributed by atoms with E-state index in [2.05, 4.69) is 402 Å². The maximum Gasteiger partial charge on any atom is 0.164 e. The van der Waals surface area contributed by atoms with Crippen LogP contribution in [0.15, 0.2) is 282 Å². The fourth-order valence-corrected chi connectivity index (χ4v) is 18.0. The Labute approximate surface area is 749 Å². The minimum absolute atomic E-state index is 0.0793. The summed E-state index contributed by atoms with van der Waals surface area (Å²) in [5, 5.41) is 0. The largest absolute Gasteiger partial charge is 0.310 e. The average Bonchev–Trinajstić information content (AvgIpc) is 1.52. The van der Waals surface area contributed by atoms with Gasteiger partial charge in [-0.3, -0.25) is 0 Å². The zero-order valence-electron chi connectivity index (χ0n) is 70.4. The number of aryl methyl sites for hydroxylation is 7. The normalized spacial score (nSPS) is 12.1. The molecule has 0 spiro atoms. The molecule has 0 unspecified atom stereocenters. The average molecular weight is 1930 g/mol. The summed E-state index contributed by atoms with van der Waals surface area (Å²) in [6.45, 7) is 29.4. The van der Waals surface area contributed by atoms with Crippen molar-refractivity contribution in [3.8, 4) is 45.3 Å². The highest BCUT2D eigenvalue weighted by atomic mass is 79.9. The van der Waals surface area contributed by atoms with Crippen LogP contribution < -0.4 is 9.80 Å². The van der Waals surface area contributed by atoms with E-state index < -0.39 is 0 Å². The second-order valence-corrected chi connectivity index (χ2v) is 39.0. The van der Waals surface area contributed by atoms with Gasteiger partial charge in [-0.15, -0.1) is 0 Å². The molecule has 0 aliphatic heterocycles. The lowest BCUT2D eigenvalue weighted by atomic mass is 9.67. The van der Waals surface area contributed by atoms with Crippen LogP contribution in [0.5, 0.6) is 0 Å². The lowest BCUT2D eigenvalue weighted by Crippen LogP contribution is -2.28. The van der Waals surface area contributed by atoms with Crippen molar-refractivity contribution in [3.05, 3.63) is 354 Å². The van der Waals surface area contributed by atoms with Crippen molar-refractivity contribution in [2.24, 2.45) is 0 Å². The predicted octanol–water partition coefficient (Wildman–Crippen LogP) is 34.3. The minimum atomic E-state index is -0.361. The molecule has 602 valence electrons. The van der Waals surface area contributed by atoms with E-state index in [-0.39, 0.29) is 16.2 Å². The Hall–Kier alpha value is -7.87. The SMILES string of the molecule is CCCCCCc1ccc(-c2nc(-c3ccc(Br)cc3)nc(-c3ccc(Br)cc3)n2)cc1.CCCCCCc1ccc(C2(c3ccc(CCCCCC)cc3)c3cc(Br)ccc3-c3ccc(Br)cc32)cc1.Cc1cc(C(C)(C)C)cc(C)c1N(c1ccc(Br)cc1)c1ccc(N(c2ccc(Br)cc2)c2c(C)cc(C(C)(C)C)cc2C)cc1. The molecule has 1 heterocycles. The smallest absolute Gasteiger partial charge is 0.164 e. The molecule has 117 heavy (non-hydrogen) atoms. The number of benzene rings is 12. The fourth-order valence-electron chi connectivity index (χ4n) is 16.2. The number of anilines is 6. The van der Waals surface area contributed by atoms with Gasteiger partial charge in [0.25, 0.3) is 0 Å². The number of fused-ring (bicyclic) bond motifs is 3. The summed E-state index contributed by atoms with van der Waals surface area (Å²) < 4.78 is 6.43. The van der Waals surface area contributed by atoms with Crippen LogP contribution in [-0.4, -0.2) is 15.0 Å². The van der Waals surface area contributed by atoms with Crippen molar-refractivity contribution in [3.63, 3.8) is 0 Å². The molecule has 0 saturated carbocycles. The first-order valence-corrected chi connectivity index (χ1v) is 46.6. The maximum absolute atomic E-state index is 4.82. The number of hydrogen-bond donors (Lipinski definition) is 0. The zero-order chi connectivity index (χ0) is 83.1. The third-order valence-corrected chi connectivity index (χ3v) is 25.6. The molecular formula is C106H111Br6N5. The molecule has 0 amide bonds. The van der Waals surface area contributed by atoms with Crippen molar-refractivity contribution in [2.45, 2.75) is 203 Å². The number of halogens is 6. The van der Waals surface area contributed by atoms with Gasteiger partial charge in [-0.2, -0.15) is 0 Å². The molecule has 0 bridgehead atoms. The second-order valence-electron chi connectivity index (χ2n) is 33.5. The van der Waals surface area contributed by atoms with Crippen LogP contribution in [-0.2, 0) is 35.5 Å². The molecule has 0 N–H and O–H groups in total. The van der Waals surface area contributed by atoms with Gasteiger partial charge in [0.2, 0.25) is 0 Å². The predicted molar refractivity (Wildman–Crippen MR) is 522 cm³/mol. The minimum Gasteiger partial charge on any atom is -0.310 e. The Kier molecular flexibility index (Phi) is 30.6. The van der Waals surface area contributed by atoms with E-state index in [4.69, 9.17) is 15.0 Å².